The number of hydrogen-bond acceptors (Lipinski definition) is 9. The van der Waals surface area contributed by atoms with Crippen molar-refractivity contribution in [3.63, 3.8) is 0 Å². The number of amides is 1. The summed E-state index contributed by atoms with van der Waals surface area (Å²) >= 11 is 0. The number of allylic oxidation sites excluding steroid dienone is 1. The Hall–Kier alpha value is -6.82. The van der Waals surface area contributed by atoms with Crippen molar-refractivity contribution in [2.75, 3.05) is 11.4 Å². The summed E-state index contributed by atoms with van der Waals surface area (Å²) in [7, 11) is -2.35. The molecule has 0 atom stereocenters. The Morgan fingerprint density at radius 3 is 1.97 bits per heavy atom. The Labute approximate surface area is 360 Å². The molecular formula is C48H51N7O5Si. The molecule has 1 aliphatic heterocycles. The molecule has 312 valence electrons. The van der Waals surface area contributed by atoms with Gasteiger partial charge in [-0.3, -0.25) is 0 Å². The number of hydrogen-bond donors (Lipinski definition) is 1. The minimum atomic E-state index is -2.35. The molecule has 4 aromatic carbocycles. The van der Waals surface area contributed by atoms with Crippen molar-refractivity contribution in [3.8, 4) is 6.07 Å². The summed E-state index contributed by atoms with van der Waals surface area (Å²) in [6.07, 6.45) is 4.07. The zero-order chi connectivity index (χ0) is 44.0. The largest absolute Gasteiger partial charge is 0.505 e. The predicted molar refractivity (Wildman–Crippen MR) is 240 cm³/mol. The number of alkyl carbamates (subject to hydrolysis) is 1. The summed E-state index contributed by atoms with van der Waals surface area (Å²) < 4.78 is 23.7. The van der Waals surface area contributed by atoms with Gasteiger partial charge in [-0.05, 0) is 132 Å². The van der Waals surface area contributed by atoms with Crippen molar-refractivity contribution < 1.29 is 23.1 Å². The molecule has 0 saturated heterocycles. The quantitative estimate of drug-likeness (QED) is 0.0369. The minimum Gasteiger partial charge on any atom is -0.505 e. The average Bonchev–Trinajstić information content (AvgIpc) is 3.50. The third kappa shape index (κ3) is 12.6. The molecule has 1 aliphatic rings. The number of para-hydroxylation sites is 1. The fraction of sp³-hybridized carbons (Fsp3) is 0.292. The lowest BCUT2D eigenvalue weighted by atomic mass is 9.96. The van der Waals surface area contributed by atoms with Gasteiger partial charge in [-0.1, -0.05) is 54.6 Å². The Kier molecular flexibility index (Phi) is 15.5. The number of nitrogens with zero attached hydrogens (tertiary/aromatic N) is 6. The number of nitriles is 1. The van der Waals surface area contributed by atoms with Gasteiger partial charge in [0.05, 0.1) is 30.6 Å². The first-order valence-electron chi connectivity index (χ1n) is 20.1. The van der Waals surface area contributed by atoms with Crippen LogP contribution in [0.5, 0.6) is 0 Å². The molecule has 4 aromatic rings. The predicted octanol–water partition coefficient (Wildman–Crippen LogP) is 12.8. The van der Waals surface area contributed by atoms with Gasteiger partial charge in [-0.25, -0.2) is 19.7 Å². The molecule has 12 nitrogen and oxygen atoms in total. The maximum atomic E-state index is 12.5. The van der Waals surface area contributed by atoms with E-state index in [4.69, 9.17) is 31.5 Å². The highest BCUT2D eigenvalue weighted by Gasteiger charge is 2.38. The fourth-order valence-corrected chi connectivity index (χ4v) is 9.87. The first-order chi connectivity index (χ1) is 29.2. The number of anilines is 3. The van der Waals surface area contributed by atoms with Crippen LogP contribution in [0.3, 0.4) is 0 Å². The minimum absolute atomic E-state index is 0.0192. The van der Waals surface area contributed by atoms with Gasteiger partial charge in [0.15, 0.2) is 0 Å². The van der Waals surface area contributed by atoms with Crippen LogP contribution in [-0.2, 0) is 24.9 Å². The number of azo groups is 1. The maximum absolute atomic E-state index is 12.5. The van der Waals surface area contributed by atoms with Crippen molar-refractivity contribution in [2.45, 2.75) is 85.0 Å². The van der Waals surface area contributed by atoms with E-state index in [-0.39, 0.29) is 36.0 Å². The molecule has 1 amide bonds. The first-order valence-corrected chi connectivity index (χ1v) is 22.6. The number of rotatable bonds is 17. The molecule has 61 heavy (non-hydrogen) atoms. The van der Waals surface area contributed by atoms with E-state index in [1.807, 2.05) is 143 Å². The van der Waals surface area contributed by atoms with E-state index in [0.717, 1.165) is 40.7 Å². The second-order valence-electron chi connectivity index (χ2n) is 15.4. The summed E-state index contributed by atoms with van der Waals surface area (Å²) in [5, 5.41) is 21.1. The van der Waals surface area contributed by atoms with Crippen molar-refractivity contribution in [1.82, 2.24) is 5.32 Å². The zero-order valence-electron chi connectivity index (χ0n) is 35.7. The van der Waals surface area contributed by atoms with Crippen molar-refractivity contribution in [2.24, 2.45) is 10.2 Å². The zero-order valence-corrected chi connectivity index (χ0v) is 36.7. The summed E-state index contributed by atoms with van der Waals surface area (Å²) in [6.45, 7) is 29.3. The molecule has 0 unspecified atom stereocenters. The molecule has 0 fully saturated rings. The van der Waals surface area contributed by atoms with Gasteiger partial charge in [-0.2, -0.15) is 10.2 Å². The van der Waals surface area contributed by atoms with Crippen LogP contribution < -0.4 is 10.2 Å². The second kappa shape index (κ2) is 20.9. The highest BCUT2D eigenvalue weighted by atomic mass is 28.4. The molecule has 5 rings (SSSR count). The van der Waals surface area contributed by atoms with E-state index in [1.54, 1.807) is 19.9 Å². The smallest absolute Gasteiger partial charge is 0.407 e. The van der Waals surface area contributed by atoms with E-state index in [0.29, 0.717) is 23.5 Å². The first kappa shape index (κ1) is 45.3. The van der Waals surface area contributed by atoms with Gasteiger partial charge in [0.2, 0.25) is 5.70 Å². The van der Waals surface area contributed by atoms with Gasteiger partial charge in [0, 0.05) is 41.4 Å². The number of benzene rings is 4. The maximum Gasteiger partial charge on any atom is 0.407 e. The van der Waals surface area contributed by atoms with Crippen molar-refractivity contribution in [1.29, 1.82) is 5.26 Å². The van der Waals surface area contributed by atoms with Crippen LogP contribution in [-0.4, -0.2) is 39.0 Å². The molecule has 0 aliphatic carbocycles. The Balaban J connectivity index is 1.20. The average molecular weight is 834 g/mol. The highest BCUT2D eigenvalue weighted by Crippen LogP contribution is 2.42. The van der Waals surface area contributed by atoms with E-state index in [2.05, 4.69) is 36.7 Å². The normalized spacial score (nSPS) is 14.5. The lowest BCUT2D eigenvalue weighted by Crippen LogP contribution is -2.43. The van der Waals surface area contributed by atoms with Gasteiger partial charge >= 0.3 is 14.7 Å². The molecule has 0 aromatic heterocycles. The lowest BCUT2D eigenvalue weighted by Gasteiger charge is -2.31. The van der Waals surface area contributed by atoms with E-state index < -0.39 is 20.3 Å². The van der Waals surface area contributed by atoms with Crippen LogP contribution in [0.25, 0.3) is 15.8 Å². The number of ether oxygens (including phenoxy) is 2. The fourth-order valence-electron chi connectivity index (χ4n) is 6.77. The summed E-state index contributed by atoms with van der Waals surface area (Å²) in [5.74, 6) is 0.0192. The van der Waals surface area contributed by atoms with E-state index >= 15 is 0 Å². The van der Waals surface area contributed by atoms with E-state index in [1.165, 1.54) is 0 Å². The molecule has 0 radical (unpaired) electrons. The van der Waals surface area contributed by atoms with Crippen LogP contribution in [0.15, 0.2) is 142 Å². The third-order valence-electron chi connectivity index (χ3n) is 9.37. The summed E-state index contributed by atoms with van der Waals surface area (Å²) in [5.41, 5.74) is 5.53. The summed E-state index contributed by atoms with van der Waals surface area (Å²) in [4.78, 5) is 21.4. The topological polar surface area (TPSA) is 126 Å². The van der Waals surface area contributed by atoms with Crippen molar-refractivity contribution >= 4 is 49.2 Å². The van der Waals surface area contributed by atoms with Gasteiger partial charge in [-0.15, -0.1) is 0 Å². The van der Waals surface area contributed by atoms with Gasteiger partial charge in [0.1, 0.15) is 18.0 Å². The van der Waals surface area contributed by atoms with Crippen LogP contribution >= 0.6 is 0 Å². The number of carbonyl (C=O) groups is 1. The lowest BCUT2D eigenvalue weighted by molar-refractivity contribution is 0.0952. The van der Waals surface area contributed by atoms with Crippen LogP contribution in [0.4, 0.5) is 33.2 Å². The number of nitrogens with one attached hydrogen (secondary N) is 1. The molecule has 13 heteroatoms. The highest BCUT2D eigenvalue weighted by molar-refractivity contribution is 6.66. The number of carbonyl (C=O) groups excluding carboxylic acids is 1. The molecule has 0 bridgehead atoms. The van der Waals surface area contributed by atoms with Gasteiger partial charge < -0.3 is 28.5 Å². The third-order valence-corrected chi connectivity index (χ3v) is 12.6. The second-order valence-corrected chi connectivity index (χ2v) is 18.7. The standard InChI is InChI=1S/C48H51N7O5Si/c1-34(2)59-61(9,60-35(3)4)31-13-30-52-47(56)57-33-37-18-25-41(26-19-37)55(40-14-11-10-12-15-40)42-27-23-39(24-28-42)54-53-38-21-16-36(17-22-38)20-29-43-45(51-8)46(44(32-49)50-7)58-48(43,5)6/h10-12,14-29,34-35H,13,30-31,33H2,1-6,9H3,(H,52,56)/b29-20+,46-44+,54-53+. The Morgan fingerprint density at radius 1 is 0.869 bits per heavy atom. The Morgan fingerprint density at radius 2 is 1.43 bits per heavy atom. The molecule has 0 spiro atoms. The monoisotopic (exact) mass is 833 g/mol. The van der Waals surface area contributed by atoms with Crippen LogP contribution in [0.2, 0.25) is 12.6 Å². The molecule has 1 heterocycles. The Bertz CT molecular complexity index is 2360. The van der Waals surface area contributed by atoms with Crippen molar-refractivity contribution in [3.05, 3.63) is 166 Å². The SMILES string of the molecule is [C-]#[N+]C1=C(/C=C/c2ccc(/N=N/c3ccc(N(c4ccccc4)c4ccc(COC(=O)NCCC[Si](C)(OC(C)C)OC(C)C)cc4)cc3)cc2)C(C)(C)O/C1=C(\C#N)[N+]#[C-]. The molecule has 0 saturated carbocycles. The van der Waals surface area contributed by atoms with E-state index in [9.17, 15) is 10.1 Å². The van der Waals surface area contributed by atoms with Crippen LogP contribution in [0, 0.1) is 24.5 Å². The summed E-state index contributed by atoms with van der Waals surface area (Å²) in [6, 6.07) is 35.8. The van der Waals surface area contributed by atoms with Gasteiger partial charge in [0.25, 0.3) is 5.70 Å². The molecule has 1 N–H and O–H groups in total. The molecular weight excluding hydrogens is 783 g/mol. The van der Waals surface area contributed by atoms with Crippen LogP contribution in [0.1, 0.15) is 59.1 Å².